The molecule has 0 unspecified atom stereocenters. The molecule has 1 aliphatic carbocycles. The number of hydrogen-bond donors (Lipinski definition) is 0. The van der Waals surface area contributed by atoms with E-state index >= 15 is 0 Å². The highest BCUT2D eigenvalue weighted by molar-refractivity contribution is 5.86. The highest BCUT2D eigenvalue weighted by atomic mass is 16.5. The molecule has 1 saturated carbocycles. The molecule has 1 aliphatic rings. The minimum absolute atomic E-state index is 0.211. The van der Waals surface area contributed by atoms with Gasteiger partial charge in [0.15, 0.2) is 5.69 Å². The van der Waals surface area contributed by atoms with E-state index in [2.05, 4.69) is 20.1 Å². The number of esters is 1. The fourth-order valence-corrected chi connectivity index (χ4v) is 2.57. The van der Waals surface area contributed by atoms with Crippen LogP contribution in [0.25, 0.3) is 0 Å². The average molecular weight is 275 g/mol. The second kappa shape index (κ2) is 5.44. The molecule has 106 valence electrons. The lowest BCUT2D eigenvalue weighted by Crippen LogP contribution is -2.07. The molecule has 20 heavy (non-hydrogen) atoms. The zero-order valence-corrected chi connectivity index (χ0v) is 11.4. The fourth-order valence-electron chi connectivity index (χ4n) is 2.57. The Morgan fingerprint density at radius 2 is 2.25 bits per heavy atom. The van der Waals surface area contributed by atoms with Crippen LogP contribution in [0, 0.1) is 0 Å². The number of methoxy groups -OCH3 is 1. The third kappa shape index (κ3) is 2.56. The molecule has 2 heterocycles. The van der Waals surface area contributed by atoms with Crippen LogP contribution in [0.3, 0.4) is 0 Å². The van der Waals surface area contributed by atoms with Crippen LogP contribution in [0.4, 0.5) is 0 Å². The van der Waals surface area contributed by atoms with E-state index in [1.54, 1.807) is 10.9 Å². The Hall–Kier alpha value is -2.18. The van der Waals surface area contributed by atoms with Gasteiger partial charge in [0.25, 0.3) is 0 Å². The van der Waals surface area contributed by atoms with Crippen LogP contribution in [0.5, 0.6) is 0 Å². The molecule has 3 rings (SSSR count). The molecular weight excluding hydrogens is 258 g/mol. The molecule has 2 aromatic heterocycles. The van der Waals surface area contributed by atoms with Crippen LogP contribution in [0.1, 0.15) is 47.9 Å². The van der Waals surface area contributed by atoms with Gasteiger partial charge in [-0.25, -0.2) is 9.48 Å². The lowest BCUT2D eigenvalue weighted by atomic mass is 10.3. The quantitative estimate of drug-likeness (QED) is 0.789. The summed E-state index contributed by atoms with van der Waals surface area (Å²) in [5.74, 6) is -0.479. The maximum absolute atomic E-state index is 11.3. The fraction of sp³-hybridized carbons (Fsp3) is 0.538. The van der Waals surface area contributed by atoms with Gasteiger partial charge < -0.3 is 4.74 Å². The van der Waals surface area contributed by atoms with Crippen molar-refractivity contribution in [3.63, 3.8) is 0 Å². The summed E-state index contributed by atoms with van der Waals surface area (Å²) < 4.78 is 8.23. The largest absolute Gasteiger partial charge is 0.464 e. The molecule has 0 aromatic carbocycles. The van der Waals surface area contributed by atoms with Crippen LogP contribution >= 0.6 is 0 Å². The lowest BCUT2D eigenvalue weighted by molar-refractivity contribution is 0.0594. The zero-order chi connectivity index (χ0) is 13.9. The van der Waals surface area contributed by atoms with Gasteiger partial charge >= 0.3 is 5.97 Å². The number of hydrogen-bond acceptors (Lipinski definition) is 5. The second-order valence-electron chi connectivity index (χ2n) is 5.02. The molecule has 0 amide bonds. The van der Waals surface area contributed by atoms with Crippen molar-refractivity contribution in [3.05, 3.63) is 29.8 Å². The number of rotatable bonds is 4. The summed E-state index contributed by atoms with van der Waals surface area (Å²) in [6, 6.07) is 2.52. The topological polar surface area (TPSA) is 74.8 Å². The minimum atomic E-state index is -0.479. The average Bonchev–Trinajstić information content (AvgIpc) is 3.19. The summed E-state index contributed by atoms with van der Waals surface area (Å²) >= 11 is 0. The van der Waals surface area contributed by atoms with Crippen LogP contribution in [0.2, 0.25) is 0 Å². The number of aromatic nitrogens is 5. The van der Waals surface area contributed by atoms with E-state index in [0.717, 1.165) is 5.69 Å². The SMILES string of the molecule is COC(=O)c1cn(Cc2ccn(C3CCCC3)n2)nn1. The Bertz CT molecular complexity index is 597. The van der Waals surface area contributed by atoms with Crippen LogP contribution < -0.4 is 0 Å². The van der Waals surface area contributed by atoms with Crippen LogP contribution in [-0.2, 0) is 11.3 Å². The summed E-state index contributed by atoms with van der Waals surface area (Å²) in [4.78, 5) is 11.3. The van der Waals surface area contributed by atoms with E-state index in [9.17, 15) is 4.79 Å². The normalized spacial score (nSPS) is 15.7. The van der Waals surface area contributed by atoms with Gasteiger partial charge in [0, 0.05) is 6.20 Å². The molecule has 1 fully saturated rings. The van der Waals surface area contributed by atoms with Gasteiger partial charge in [0.05, 0.1) is 31.6 Å². The first-order chi connectivity index (χ1) is 9.76. The predicted octanol–water partition coefficient (Wildman–Crippen LogP) is 1.42. The van der Waals surface area contributed by atoms with Crippen molar-refractivity contribution in [3.8, 4) is 0 Å². The molecule has 0 saturated heterocycles. The Kier molecular flexibility index (Phi) is 3.49. The third-order valence-corrected chi connectivity index (χ3v) is 3.62. The Balaban J connectivity index is 1.68. The molecule has 2 aromatic rings. The molecule has 0 N–H and O–H groups in total. The summed E-state index contributed by atoms with van der Waals surface area (Å²) in [6.45, 7) is 0.504. The maximum Gasteiger partial charge on any atom is 0.360 e. The number of carbonyl (C=O) groups is 1. The van der Waals surface area contributed by atoms with E-state index in [4.69, 9.17) is 0 Å². The van der Waals surface area contributed by atoms with E-state index in [0.29, 0.717) is 12.6 Å². The molecular formula is C13H17N5O2. The van der Waals surface area contributed by atoms with Gasteiger partial charge in [-0.15, -0.1) is 5.10 Å². The summed E-state index contributed by atoms with van der Waals surface area (Å²) in [5, 5.41) is 12.2. The van der Waals surface area contributed by atoms with Crippen LogP contribution in [-0.4, -0.2) is 37.9 Å². The van der Waals surface area contributed by atoms with E-state index < -0.39 is 5.97 Å². The van der Waals surface area contributed by atoms with Gasteiger partial charge in [-0.2, -0.15) is 5.10 Å². The third-order valence-electron chi connectivity index (χ3n) is 3.62. The first-order valence-electron chi connectivity index (χ1n) is 6.79. The van der Waals surface area contributed by atoms with Gasteiger partial charge in [0.2, 0.25) is 0 Å². The van der Waals surface area contributed by atoms with E-state index in [-0.39, 0.29) is 5.69 Å². The summed E-state index contributed by atoms with van der Waals surface area (Å²) in [6.07, 6.45) is 8.56. The van der Waals surface area contributed by atoms with Gasteiger partial charge in [0.1, 0.15) is 0 Å². The maximum atomic E-state index is 11.3. The Morgan fingerprint density at radius 3 is 3.00 bits per heavy atom. The molecule has 7 nitrogen and oxygen atoms in total. The Labute approximate surface area is 116 Å². The Morgan fingerprint density at radius 1 is 1.45 bits per heavy atom. The van der Waals surface area contributed by atoms with Crippen molar-refractivity contribution < 1.29 is 9.53 Å². The molecule has 0 radical (unpaired) electrons. The lowest BCUT2D eigenvalue weighted by Gasteiger charge is -2.08. The van der Waals surface area contributed by atoms with E-state index in [1.165, 1.54) is 32.8 Å². The van der Waals surface area contributed by atoms with Gasteiger partial charge in [-0.05, 0) is 18.9 Å². The van der Waals surface area contributed by atoms with Gasteiger partial charge in [-0.3, -0.25) is 4.68 Å². The first kappa shape index (κ1) is 12.8. The highest BCUT2D eigenvalue weighted by Gasteiger charge is 2.18. The zero-order valence-electron chi connectivity index (χ0n) is 11.4. The van der Waals surface area contributed by atoms with Crippen molar-refractivity contribution in [1.29, 1.82) is 0 Å². The monoisotopic (exact) mass is 275 g/mol. The highest BCUT2D eigenvalue weighted by Crippen LogP contribution is 2.28. The molecule has 0 atom stereocenters. The molecule has 0 aliphatic heterocycles. The van der Waals surface area contributed by atoms with Crippen molar-refractivity contribution in [2.45, 2.75) is 38.3 Å². The van der Waals surface area contributed by atoms with E-state index in [1.807, 2.05) is 16.9 Å². The van der Waals surface area contributed by atoms with Gasteiger partial charge in [-0.1, -0.05) is 18.1 Å². The summed E-state index contributed by atoms with van der Waals surface area (Å²) in [7, 11) is 1.32. The van der Waals surface area contributed by atoms with Crippen molar-refractivity contribution >= 4 is 5.97 Å². The minimum Gasteiger partial charge on any atom is -0.464 e. The number of ether oxygens (including phenoxy) is 1. The van der Waals surface area contributed by atoms with Crippen molar-refractivity contribution in [1.82, 2.24) is 24.8 Å². The van der Waals surface area contributed by atoms with Crippen LogP contribution in [0.15, 0.2) is 18.5 Å². The number of carbonyl (C=O) groups excluding carboxylic acids is 1. The van der Waals surface area contributed by atoms with Crippen molar-refractivity contribution in [2.75, 3.05) is 7.11 Å². The predicted molar refractivity (Wildman–Crippen MR) is 70.2 cm³/mol. The smallest absolute Gasteiger partial charge is 0.360 e. The summed E-state index contributed by atoms with van der Waals surface area (Å²) in [5.41, 5.74) is 1.13. The second-order valence-corrected chi connectivity index (χ2v) is 5.02. The molecule has 0 spiro atoms. The first-order valence-corrected chi connectivity index (χ1v) is 6.79. The van der Waals surface area contributed by atoms with Crippen molar-refractivity contribution in [2.24, 2.45) is 0 Å². The number of nitrogens with zero attached hydrogens (tertiary/aromatic N) is 5. The molecule has 0 bridgehead atoms. The standard InChI is InChI=1S/C13H17N5O2/c1-20-13(19)12-9-17(16-14-12)8-10-6-7-18(15-10)11-4-2-3-5-11/h6-7,9,11H,2-5,8H2,1H3. The molecule has 7 heteroatoms.